The van der Waals surface area contributed by atoms with Crippen molar-refractivity contribution in [1.29, 1.82) is 0 Å². The van der Waals surface area contributed by atoms with Crippen LogP contribution in [0.1, 0.15) is 42.5 Å². The van der Waals surface area contributed by atoms with Crippen molar-refractivity contribution < 1.29 is 28.5 Å². The molecule has 0 spiro atoms. The summed E-state index contributed by atoms with van der Waals surface area (Å²) in [7, 11) is 0. The second-order valence-corrected chi connectivity index (χ2v) is 7.58. The molecule has 0 heterocycles. The first-order valence-corrected chi connectivity index (χ1v) is 9.73. The van der Waals surface area contributed by atoms with Gasteiger partial charge in [0.2, 0.25) is 0 Å². The van der Waals surface area contributed by atoms with Crippen LogP contribution in [0.3, 0.4) is 0 Å². The zero-order chi connectivity index (χ0) is 20.9. The number of carbonyl (C=O) groups is 1. The molecule has 29 heavy (non-hydrogen) atoms. The third kappa shape index (κ3) is 5.67. The monoisotopic (exact) mass is 405 g/mol. The van der Waals surface area contributed by atoms with Crippen molar-refractivity contribution in [3.63, 3.8) is 0 Å². The van der Waals surface area contributed by atoms with E-state index in [1.807, 2.05) is 0 Å². The maximum absolute atomic E-state index is 13.5. The standard InChI is InChI=1S/C22H25F2NO4/c23-17-3-1-2-4-20(17)29-12-9-15-7-10-22(28,11-8-15)14-25-21(27)16-5-6-19(26)18(24)13-16/h1-6,13,15,26,28H,7-12,14H2,(H,25,27). The molecule has 1 aliphatic carbocycles. The smallest absolute Gasteiger partial charge is 0.251 e. The summed E-state index contributed by atoms with van der Waals surface area (Å²) in [4.78, 5) is 12.1. The Kier molecular flexibility index (Phi) is 6.69. The minimum absolute atomic E-state index is 0.0762. The lowest BCUT2D eigenvalue weighted by molar-refractivity contribution is -0.00980. The van der Waals surface area contributed by atoms with Gasteiger partial charge in [0.15, 0.2) is 23.1 Å². The van der Waals surface area contributed by atoms with Gasteiger partial charge in [0.05, 0.1) is 12.2 Å². The molecule has 3 rings (SSSR count). The second-order valence-electron chi connectivity index (χ2n) is 7.58. The highest BCUT2D eigenvalue weighted by Crippen LogP contribution is 2.33. The number of amides is 1. The molecule has 1 saturated carbocycles. The molecule has 1 amide bonds. The molecule has 0 aliphatic heterocycles. The maximum atomic E-state index is 13.5. The molecule has 1 aliphatic rings. The first-order chi connectivity index (χ1) is 13.9. The highest BCUT2D eigenvalue weighted by Gasteiger charge is 2.33. The molecule has 2 aromatic carbocycles. The van der Waals surface area contributed by atoms with E-state index in [-0.39, 0.29) is 23.7 Å². The fraction of sp³-hybridized carbons (Fsp3) is 0.409. The van der Waals surface area contributed by atoms with Crippen LogP contribution in [0.2, 0.25) is 0 Å². The highest BCUT2D eigenvalue weighted by molar-refractivity contribution is 5.94. The minimum atomic E-state index is -1.01. The Morgan fingerprint density at radius 1 is 1.14 bits per heavy atom. The van der Waals surface area contributed by atoms with Crippen LogP contribution in [-0.2, 0) is 0 Å². The van der Waals surface area contributed by atoms with E-state index < -0.39 is 23.1 Å². The van der Waals surface area contributed by atoms with E-state index >= 15 is 0 Å². The number of para-hydroxylation sites is 1. The van der Waals surface area contributed by atoms with Gasteiger partial charge < -0.3 is 20.3 Å². The first-order valence-electron chi connectivity index (χ1n) is 9.73. The molecule has 5 nitrogen and oxygen atoms in total. The third-order valence-electron chi connectivity index (χ3n) is 5.44. The molecule has 0 aromatic heterocycles. The number of phenols is 1. The lowest BCUT2D eigenvalue weighted by Gasteiger charge is -2.36. The molecule has 3 N–H and O–H groups in total. The number of benzene rings is 2. The van der Waals surface area contributed by atoms with Gasteiger partial charge in [-0.15, -0.1) is 0 Å². The van der Waals surface area contributed by atoms with Crippen LogP contribution in [0, 0.1) is 17.6 Å². The Morgan fingerprint density at radius 2 is 1.86 bits per heavy atom. The number of halogens is 2. The number of hydrogen-bond donors (Lipinski definition) is 3. The van der Waals surface area contributed by atoms with E-state index in [1.54, 1.807) is 18.2 Å². The average Bonchev–Trinajstić information content (AvgIpc) is 2.71. The number of ether oxygens (including phenoxy) is 1. The molecule has 2 aromatic rings. The van der Waals surface area contributed by atoms with Gasteiger partial charge in [0, 0.05) is 12.1 Å². The number of phenolic OH excluding ortho intramolecular Hbond substituents is 1. The molecule has 0 radical (unpaired) electrons. The molecule has 0 bridgehead atoms. The number of hydrogen-bond acceptors (Lipinski definition) is 4. The Labute approximate surface area is 168 Å². The maximum Gasteiger partial charge on any atom is 0.251 e. The molecular weight excluding hydrogens is 380 g/mol. The summed E-state index contributed by atoms with van der Waals surface area (Å²) in [6.07, 6.45) is 3.38. The van der Waals surface area contributed by atoms with E-state index in [9.17, 15) is 23.8 Å². The summed E-state index contributed by atoms with van der Waals surface area (Å²) < 4.78 is 32.4. The molecule has 0 saturated heterocycles. The van der Waals surface area contributed by atoms with Crippen molar-refractivity contribution in [3.8, 4) is 11.5 Å². The lowest BCUT2D eigenvalue weighted by Crippen LogP contribution is -2.45. The van der Waals surface area contributed by atoms with Crippen LogP contribution in [-0.4, -0.2) is 34.9 Å². The number of carbonyl (C=O) groups excluding carboxylic acids is 1. The zero-order valence-electron chi connectivity index (χ0n) is 16.0. The Balaban J connectivity index is 1.41. The van der Waals surface area contributed by atoms with Crippen molar-refractivity contribution in [2.75, 3.05) is 13.2 Å². The van der Waals surface area contributed by atoms with E-state index in [2.05, 4.69) is 5.32 Å². The quantitative estimate of drug-likeness (QED) is 0.655. The third-order valence-corrected chi connectivity index (χ3v) is 5.44. The summed E-state index contributed by atoms with van der Waals surface area (Å²) in [6.45, 7) is 0.486. The van der Waals surface area contributed by atoms with Crippen LogP contribution in [0.5, 0.6) is 11.5 Å². The first kappa shape index (κ1) is 21.0. The Hall–Kier alpha value is -2.67. The Bertz CT molecular complexity index is 850. The van der Waals surface area contributed by atoms with Crippen LogP contribution >= 0.6 is 0 Å². The van der Waals surface area contributed by atoms with Crippen LogP contribution in [0.25, 0.3) is 0 Å². The number of aliphatic hydroxyl groups is 1. The van der Waals surface area contributed by atoms with Crippen LogP contribution < -0.4 is 10.1 Å². The van der Waals surface area contributed by atoms with Crippen molar-refractivity contribution in [2.45, 2.75) is 37.7 Å². The van der Waals surface area contributed by atoms with Crippen molar-refractivity contribution in [3.05, 3.63) is 59.7 Å². The van der Waals surface area contributed by atoms with E-state index in [0.29, 0.717) is 25.4 Å². The predicted octanol–water partition coefficient (Wildman–Crippen LogP) is 3.79. The van der Waals surface area contributed by atoms with Gasteiger partial charge >= 0.3 is 0 Å². The number of aromatic hydroxyl groups is 1. The summed E-state index contributed by atoms with van der Waals surface area (Å²) in [5.41, 5.74) is -0.920. The van der Waals surface area contributed by atoms with E-state index in [0.717, 1.165) is 31.4 Å². The van der Waals surface area contributed by atoms with Crippen molar-refractivity contribution in [1.82, 2.24) is 5.32 Å². The fourth-order valence-corrected chi connectivity index (χ4v) is 3.57. The van der Waals surface area contributed by atoms with Gasteiger partial charge in [-0.05, 0) is 68.4 Å². The van der Waals surface area contributed by atoms with Crippen molar-refractivity contribution in [2.24, 2.45) is 5.92 Å². The zero-order valence-corrected chi connectivity index (χ0v) is 16.0. The summed E-state index contributed by atoms with van der Waals surface area (Å²) in [5, 5.41) is 22.5. The van der Waals surface area contributed by atoms with Crippen LogP contribution in [0.15, 0.2) is 42.5 Å². The molecule has 0 atom stereocenters. The van der Waals surface area contributed by atoms with Crippen LogP contribution in [0.4, 0.5) is 8.78 Å². The summed E-state index contributed by atoms with van der Waals surface area (Å²) in [5.74, 6) is -1.66. The van der Waals surface area contributed by atoms with Gasteiger partial charge in [0.1, 0.15) is 0 Å². The lowest BCUT2D eigenvalue weighted by atomic mass is 9.77. The van der Waals surface area contributed by atoms with Gasteiger partial charge in [-0.25, -0.2) is 8.78 Å². The number of rotatable bonds is 7. The highest BCUT2D eigenvalue weighted by atomic mass is 19.1. The largest absolute Gasteiger partial charge is 0.505 e. The molecule has 0 unspecified atom stereocenters. The molecule has 7 heteroatoms. The van der Waals surface area contributed by atoms with Gasteiger partial charge in [0.25, 0.3) is 5.91 Å². The second kappa shape index (κ2) is 9.22. The average molecular weight is 405 g/mol. The van der Waals surface area contributed by atoms with Gasteiger partial charge in [-0.2, -0.15) is 0 Å². The minimum Gasteiger partial charge on any atom is -0.505 e. The topological polar surface area (TPSA) is 78.8 Å². The predicted molar refractivity (Wildman–Crippen MR) is 104 cm³/mol. The SMILES string of the molecule is O=C(NCC1(O)CCC(CCOc2ccccc2F)CC1)c1ccc(O)c(F)c1. The van der Waals surface area contributed by atoms with E-state index in [4.69, 9.17) is 4.74 Å². The number of nitrogens with one attached hydrogen (secondary N) is 1. The van der Waals surface area contributed by atoms with E-state index in [1.165, 1.54) is 12.1 Å². The molecule has 156 valence electrons. The van der Waals surface area contributed by atoms with Crippen molar-refractivity contribution >= 4 is 5.91 Å². The van der Waals surface area contributed by atoms with Gasteiger partial charge in [-0.1, -0.05) is 12.1 Å². The fourth-order valence-electron chi connectivity index (χ4n) is 3.57. The normalized spacial score (nSPS) is 21.6. The summed E-state index contributed by atoms with van der Waals surface area (Å²) >= 11 is 0. The molecule has 1 fully saturated rings. The van der Waals surface area contributed by atoms with Gasteiger partial charge in [-0.3, -0.25) is 4.79 Å². The Morgan fingerprint density at radius 3 is 2.55 bits per heavy atom. The summed E-state index contributed by atoms with van der Waals surface area (Å²) in [6, 6.07) is 9.69. The molecular formula is C22H25F2NO4.